The van der Waals surface area contributed by atoms with Gasteiger partial charge in [0.1, 0.15) is 5.76 Å². The fourth-order valence-electron chi connectivity index (χ4n) is 3.85. The third kappa shape index (κ3) is 7.39. The number of guanidine groups is 1. The first-order valence-corrected chi connectivity index (χ1v) is 11.2. The lowest BCUT2D eigenvalue weighted by atomic mass is 9.97. The number of aryl methyl sites for hydroxylation is 3. The number of likely N-dealkylation sites (tertiary alicyclic amines) is 1. The van der Waals surface area contributed by atoms with Crippen LogP contribution in [-0.4, -0.2) is 58.5 Å². The van der Waals surface area contributed by atoms with Gasteiger partial charge in [-0.05, 0) is 58.7 Å². The average molecular weight is 563 g/mol. The van der Waals surface area contributed by atoms with Gasteiger partial charge in [-0.15, -0.1) is 24.0 Å². The van der Waals surface area contributed by atoms with E-state index in [0.717, 1.165) is 80.4 Å². The average Bonchev–Trinajstić information content (AvgIpc) is 3.19. The van der Waals surface area contributed by atoms with E-state index in [9.17, 15) is 0 Å². The first-order valence-electron chi connectivity index (χ1n) is 10.8. The molecule has 3 heterocycles. The lowest BCUT2D eigenvalue weighted by Crippen LogP contribution is -2.40. The summed E-state index contributed by atoms with van der Waals surface area (Å²) in [6.45, 7) is 11.5. The molecule has 9 heteroatoms. The van der Waals surface area contributed by atoms with Crippen LogP contribution in [0.2, 0.25) is 5.02 Å². The number of rotatable bonds is 7. The smallest absolute Gasteiger partial charge is 0.208 e. The summed E-state index contributed by atoms with van der Waals surface area (Å²) in [6, 6.07) is 2.01. The first-order chi connectivity index (χ1) is 14.4. The zero-order valence-corrected chi connectivity index (χ0v) is 22.4. The molecule has 2 aromatic heterocycles. The van der Waals surface area contributed by atoms with Gasteiger partial charge in [0.25, 0.3) is 0 Å². The second-order valence-corrected chi connectivity index (χ2v) is 8.72. The van der Waals surface area contributed by atoms with Crippen molar-refractivity contribution in [3.8, 4) is 0 Å². The van der Waals surface area contributed by atoms with Gasteiger partial charge in [0.05, 0.1) is 23.8 Å². The molecule has 0 atom stereocenters. The second kappa shape index (κ2) is 12.1. The van der Waals surface area contributed by atoms with E-state index in [1.807, 2.05) is 33.2 Å². The predicted octanol–water partition coefficient (Wildman–Crippen LogP) is 4.21. The van der Waals surface area contributed by atoms with Gasteiger partial charge < -0.3 is 19.2 Å². The quantitative estimate of drug-likeness (QED) is 0.311. The topological polar surface area (TPSA) is 61.8 Å². The molecule has 3 rings (SSSR count). The third-order valence-electron chi connectivity index (χ3n) is 5.81. The van der Waals surface area contributed by atoms with Crippen molar-refractivity contribution in [3.05, 3.63) is 40.3 Å². The van der Waals surface area contributed by atoms with Crippen molar-refractivity contribution in [2.75, 3.05) is 33.2 Å². The Labute approximate surface area is 208 Å². The van der Waals surface area contributed by atoms with Crippen molar-refractivity contribution in [3.63, 3.8) is 0 Å². The first kappa shape index (κ1) is 26.0. The number of piperidine rings is 1. The summed E-state index contributed by atoms with van der Waals surface area (Å²) in [5.41, 5.74) is 2.16. The van der Waals surface area contributed by atoms with Crippen LogP contribution in [0.25, 0.3) is 0 Å². The van der Waals surface area contributed by atoms with Crippen LogP contribution in [-0.2, 0) is 20.1 Å². The minimum atomic E-state index is 0. The van der Waals surface area contributed by atoms with Crippen LogP contribution in [0.1, 0.15) is 42.8 Å². The maximum absolute atomic E-state index is 6.13. The van der Waals surface area contributed by atoms with Crippen molar-refractivity contribution in [1.29, 1.82) is 0 Å². The molecule has 0 spiro atoms. The minimum Gasteiger partial charge on any atom is -0.444 e. The Morgan fingerprint density at radius 2 is 2.06 bits per heavy atom. The summed E-state index contributed by atoms with van der Waals surface area (Å²) in [5.74, 6) is 3.31. The van der Waals surface area contributed by atoms with Crippen LogP contribution in [0.4, 0.5) is 0 Å². The van der Waals surface area contributed by atoms with E-state index in [0.29, 0.717) is 5.92 Å². The van der Waals surface area contributed by atoms with Crippen LogP contribution in [0.3, 0.4) is 0 Å². The lowest BCUT2D eigenvalue weighted by Gasteiger charge is -2.30. The number of hydrogen-bond acceptors (Lipinski definition) is 4. The standard InChI is InChI=1S/C22H35ClN6O.HI/c1-6-24-22(28(5)14-20-11-19(23)13-27(20)4)25-12-18-7-9-29(10-8-18)15-21-26-16(2)17(3)30-21;/h11,13,18H,6-10,12,14-15H2,1-5H3,(H,24,25);1H. The molecule has 0 unspecified atom stereocenters. The number of nitrogens with zero attached hydrogens (tertiary/aromatic N) is 5. The van der Waals surface area contributed by atoms with Gasteiger partial charge in [0, 0.05) is 39.1 Å². The van der Waals surface area contributed by atoms with E-state index >= 15 is 0 Å². The van der Waals surface area contributed by atoms with Gasteiger partial charge in [0.2, 0.25) is 5.89 Å². The van der Waals surface area contributed by atoms with Crippen molar-refractivity contribution in [2.24, 2.45) is 18.0 Å². The normalized spacial score (nSPS) is 15.7. The van der Waals surface area contributed by atoms with E-state index in [1.54, 1.807) is 0 Å². The largest absolute Gasteiger partial charge is 0.444 e. The summed E-state index contributed by atoms with van der Waals surface area (Å²) in [6.07, 6.45) is 4.24. The number of halogens is 2. The molecule has 174 valence electrons. The molecule has 1 aliphatic rings. The number of aromatic nitrogens is 2. The molecule has 0 aromatic carbocycles. The zero-order valence-electron chi connectivity index (χ0n) is 19.3. The van der Waals surface area contributed by atoms with E-state index in [1.165, 1.54) is 5.69 Å². The number of aliphatic imine (C=N–C) groups is 1. The summed E-state index contributed by atoms with van der Waals surface area (Å²) in [4.78, 5) is 14.0. The molecule has 0 saturated carbocycles. The zero-order chi connectivity index (χ0) is 21.7. The molecule has 7 nitrogen and oxygen atoms in total. The highest BCUT2D eigenvalue weighted by Gasteiger charge is 2.21. The van der Waals surface area contributed by atoms with Gasteiger partial charge in [-0.25, -0.2) is 4.98 Å². The van der Waals surface area contributed by atoms with E-state index in [-0.39, 0.29) is 24.0 Å². The van der Waals surface area contributed by atoms with E-state index in [2.05, 4.69) is 38.6 Å². The molecule has 0 aliphatic carbocycles. The van der Waals surface area contributed by atoms with E-state index < -0.39 is 0 Å². The summed E-state index contributed by atoms with van der Waals surface area (Å²) < 4.78 is 7.80. The van der Waals surface area contributed by atoms with E-state index in [4.69, 9.17) is 21.0 Å². The molecule has 1 N–H and O–H groups in total. The predicted molar refractivity (Wildman–Crippen MR) is 137 cm³/mol. The summed E-state index contributed by atoms with van der Waals surface area (Å²) in [5, 5.41) is 4.19. The maximum Gasteiger partial charge on any atom is 0.208 e. The third-order valence-corrected chi connectivity index (χ3v) is 6.01. The van der Waals surface area contributed by atoms with Crippen LogP contribution >= 0.6 is 35.6 Å². The molecule has 31 heavy (non-hydrogen) atoms. The maximum atomic E-state index is 6.13. The van der Waals surface area contributed by atoms with Crippen LogP contribution < -0.4 is 5.32 Å². The Morgan fingerprint density at radius 3 is 2.61 bits per heavy atom. The summed E-state index contributed by atoms with van der Waals surface area (Å²) in [7, 11) is 4.10. The fourth-order valence-corrected chi connectivity index (χ4v) is 4.12. The van der Waals surface area contributed by atoms with Crippen molar-refractivity contribution >= 4 is 41.5 Å². The Kier molecular flexibility index (Phi) is 10.2. The fraction of sp³-hybridized carbons (Fsp3) is 0.636. The van der Waals surface area contributed by atoms with Crippen LogP contribution in [0, 0.1) is 19.8 Å². The molecule has 1 saturated heterocycles. The van der Waals surface area contributed by atoms with Gasteiger partial charge in [-0.1, -0.05) is 11.6 Å². The second-order valence-electron chi connectivity index (χ2n) is 8.28. The lowest BCUT2D eigenvalue weighted by molar-refractivity contribution is 0.166. The number of oxazole rings is 1. The Balaban J connectivity index is 0.00000341. The molecule has 2 aromatic rings. The van der Waals surface area contributed by atoms with Crippen molar-refractivity contribution < 1.29 is 4.42 Å². The monoisotopic (exact) mass is 562 g/mol. The molecular formula is C22H36ClIN6O. The van der Waals surface area contributed by atoms with Crippen molar-refractivity contribution in [2.45, 2.75) is 46.7 Å². The SMILES string of the molecule is CCNC(=NCC1CCN(Cc2nc(C)c(C)o2)CC1)N(C)Cc1cc(Cl)cn1C.I. The molecule has 0 radical (unpaired) electrons. The van der Waals surface area contributed by atoms with Crippen LogP contribution in [0.5, 0.6) is 0 Å². The Hall–Kier alpha value is -1.26. The van der Waals surface area contributed by atoms with Gasteiger partial charge in [0.15, 0.2) is 5.96 Å². The van der Waals surface area contributed by atoms with Gasteiger partial charge in [-0.2, -0.15) is 0 Å². The molecule has 1 aliphatic heterocycles. The Bertz CT molecular complexity index is 837. The van der Waals surface area contributed by atoms with Gasteiger partial charge >= 0.3 is 0 Å². The molecule has 0 amide bonds. The summed E-state index contributed by atoms with van der Waals surface area (Å²) >= 11 is 6.13. The minimum absolute atomic E-state index is 0. The molecule has 0 bridgehead atoms. The van der Waals surface area contributed by atoms with Crippen LogP contribution in [0.15, 0.2) is 21.7 Å². The number of nitrogens with one attached hydrogen (secondary N) is 1. The van der Waals surface area contributed by atoms with Crippen molar-refractivity contribution in [1.82, 2.24) is 24.7 Å². The molecule has 1 fully saturated rings. The van der Waals surface area contributed by atoms with Gasteiger partial charge in [-0.3, -0.25) is 9.89 Å². The molecular weight excluding hydrogens is 527 g/mol. The Morgan fingerprint density at radius 1 is 1.35 bits per heavy atom. The highest BCUT2D eigenvalue weighted by atomic mass is 127. The highest BCUT2D eigenvalue weighted by Crippen LogP contribution is 2.20. The highest BCUT2D eigenvalue weighted by molar-refractivity contribution is 14.0. The number of hydrogen-bond donors (Lipinski definition) is 1.